The van der Waals surface area contributed by atoms with Crippen LogP contribution < -0.4 is 0 Å². The van der Waals surface area contributed by atoms with Crippen molar-refractivity contribution in [2.24, 2.45) is 17.3 Å². The average molecular weight is 224 g/mol. The molecule has 2 heteroatoms. The van der Waals surface area contributed by atoms with Crippen molar-refractivity contribution in [1.29, 1.82) is 0 Å². The summed E-state index contributed by atoms with van der Waals surface area (Å²) in [7, 11) is 0. The minimum Gasteiger partial charge on any atom is -0.462 e. The summed E-state index contributed by atoms with van der Waals surface area (Å²) in [4.78, 5) is 11.9. The fraction of sp³-hybridized carbons (Fsp3) is 0.786. The van der Waals surface area contributed by atoms with E-state index in [0.29, 0.717) is 5.92 Å². The summed E-state index contributed by atoms with van der Waals surface area (Å²) in [6, 6.07) is 0. The lowest BCUT2D eigenvalue weighted by Gasteiger charge is -2.11. The zero-order chi connectivity index (χ0) is 12.5. The molecule has 1 aliphatic carbocycles. The van der Waals surface area contributed by atoms with Gasteiger partial charge in [0.25, 0.3) is 0 Å². The van der Waals surface area contributed by atoms with Crippen molar-refractivity contribution in [3.8, 4) is 0 Å². The third-order valence-electron chi connectivity index (χ3n) is 3.57. The van der Waals surface area contributed by atoms with Gasteiger partial charge in [0.05, 0.1) is 12.0 Å². The van der Waals surface area contributed by atoms with Crippen LogP contribution in [0, 0.1) is 17.3 Å². The van der Waals surface area contributed by atoms with E-state index in [1.54, 1.807) is 0 Å². The topological polar surface area (TPSA) is 26.3 Å². The molecule has 0 heterocycles. The molecule has 0 aromatic heterocycles. The van der Waals surface area contributed by atoms with Crippen molar-refractivity contribution in [1.82, 2.24) is 0 Å². The Hall–Kier alpha value is -0.790. The summed E-state index contributed by atoms with van der Waals surface area (Å²) in [5.74, 6) is 0.382. The molecule has 2 nitrogen and oxygen atoms in total. The quantitative estimate of drug-likeness (QED) is 0.539. The first-order valence-corrected chi connectivity index (χ1v) is 6.16. The smallest absolute Gasteiger partial charge is 0.310 e. The number of hydrogen-bond acceptors (Lipinski definition) is 2. The number of hydrogen-bond donors (Lipinski definition) is 0. The largest absolute Gasteiger partial charge is 0.462 e. The Bertz CT molecular complexity index is 298. The van der Waals surface area contributed by atoms with Crippen LogP contribution in [0.5, 0.6) is 0 Å². The molecule has 0 unspecified atom stereocenters. The van der Waals surface area contributed by atoms with Crippen LogP contribution in [0.4, 0.5) is 0 Å². The van der Waals surface area contributed by atoms with E-state index in [1.807, 2.05) is 13.8 Å². The van der Waals surface area contributed by atoms with E-state index in [-0.39, 0.29) is 23.4 Å². The lowest BCUT2D eigenvalue weighted by molar-refractivity contribution is -0.150. The van der Waals surface area contributed by atoms with E-state index in [9.17, 15) is 4.79 Å². The van der Waals surface area contributed by atoms with Gasteiger partial charge in [-0.2, -0.15) is 0 Å². The molecule has 0 amide bonds. The molecule has 0 spiro atoms. The molecular weight excluding hydrogens is 200 g/mol. The van der Waals surface area contributed by atoms with Gasteiger partial charge in [0.2, 0.25) is 0 Å². The average Bonchev–Trinajstić information content (AvgIpc) is 2.66. The second kappa shape index (κ2) is 4.60. The molecule has 1 aliphatic rings. The number of allylic oxidation sites excluding steroid dienone is 2. The predicted molar refractivity (Wildman–Crippen MR) is 66.0 cm³/mol. The summed E-state index contributed by atoms with van der Waals surface area (Å²) in [5.41, 5.74) is 1.35. The maximum Gasteiger partial charge on any atom is 0.310 e. The van der Waals surface area contributed by atoms with Gasteiger partial charge in [0.15, 0.2) is 0 Å². The summed E-state index contributed by atoms with van der Waals surface area (Å²) in [6.45, 7) is 12.4. The number of carbonyl (C=O) groups excluding carboxylic acids is 1. The summed E-state index contributed by atoms with van der Waals surface area (Å²) in [6.07, 6.45) is 3.12. The monoisotopic (exact) mass is 224 g/mol. The second-order valence-corrected chi connectivity index (χ2v) is 5.72. The molecule has 16 heavy (non-hydrogen) atoms. The molecular formula is C14H24O2. The van der Waals surface area contributed by atoms with Crippen LogP contribution in [-0.4, -0.2) is 12.1 Å². The lowest BCUT2D eigenvalue weighted by atomic mass is 10.1. The maximum atomic E-state index is 11.9. The van der Waals surface area contributed by atoms with Crippen LogP contribution in [0.25, 0.3) is 0 Å². The van der Waals surface area contributed by atoms with E-state index in [2.05, 4.69) is 33.8 Å². The molecule has 0 radical (unpaired) electrons. The first-order chi connectivity index (χ1) is 7.30. The minimum atomic E-state index is -0.0261. The van der Waals surface area contributed by atoms with Crippen LogP contribution in [0.2, 0.25) is 0 Å². The molecule has 0 aliphatic heterocycles. The third-order valence-corrected chi connectivity index (χ3v) is 3.57. The molecule has 0 aromatic carbocycles. The Labute approximate surface area is 99.1 Å². The summed E-state index contributed by atoms with van der Waals surface area (Å²) in [5, 5.41) is 0. The number of rotatable bonds is 4. The van der Waals surface area contributed by atoms with Crippen LogP contribution in [0.15, 0.2) is 11.6 Å². The Morgan fingerprint density at radius 1 is 1.44 bits per heavy atom. The molecule has 92 valence electrons. The van der Waals surface area contributed by atoms with Crippen molar-refractivity contribution in [3.05, 3.63) is 11.6 Å². The Balaban J connectivity index is 2.63. The third kappa shape index (κ3) is 2.66. The zero-order valence-corrected chi connectivity index (χ0v) is 11.3. The highest BCUT2D eigenvalue weighted by Crippen LogP contribution is 2.59. The van der Waals surface area contributed by atoms with Crippen LogP contribution >= 0.6 is 0 Å². The van der Waals surface area contributed by atoms with Gasteiger partial charge >= 0.3 is 5.97 Å². The number of ether oxygens (including phenoxy) is 1. The highest BCUT2D eigenvalue weighted by molar-refractivity contribution is 5.78. The standard InChI is InChI=1S/C14H24O2/c1-7-10(4)16-13(15)12-11(8-9(2)3)14(12,5)6/h8,10-12H,7H2,1-6H3/t10-,11-,12-/m0/s1. The second-order valence-electron chi connectivity index (χ2n) is 5.72. The Kier molecular flexibility index (Phi) is 3.82. The molecule has 1 fully saturated rings. The minimum absolute atomic E-state index is 0.0261. The van der Waals surface area contributed by atoms with E-state index in [1.165, 1.54) is 5.57 Å². The first kappa shape index (κ1) is 13.3. The van der Waals surface area contributed by atoms with Crippen LogP contribution in [0.3, 0.4) is 0 Å². The Morgan fingerprint density at radius 3 is 2.44 bits per heavy atom. The van der Waals surface area contributed by atoms with E-state index in [0.717, 1.165) is 6.42 Å². The van der Waals surface area contributed by atoms with Crippen LogP contribution in [-0.2, 0) is 9.53 Å². The van der Waals surface area contributed by atoms with Gasteiger partial charge in [-0.05, 0) is 38.5 Å². The van der Waals surface area contributed by atoms with E-state index >= 15 is 0 Å². The zero-order valence-electron chi connectivity index (χ0n) is 11.3. The van der Waals surface area contributed by atoms with E-state index in [4.69, 9.17) is 4.74 Å². The fourth-order valence-electron chi connectivity index (χ4n) is 2.15. The highest BCUT2D eigenvalue weighted by Gasteiger charge is 2.61. The Morgan fingerprint density at radius 2 is 2.00 bits per heavy atom. The number of esters is 1. The predicted octanol–water partition coefficient (Wildman–Crippen LogP) is 3.57. The first-order valence-electron chi connectivity index (χ1n) is 6.16. The molecule has 1 saturated carbocycles. The normalized spacial score (nSPS) is 28.1. The molecule has 0 aromatic rings. The van der Waals surface area contributed by atoms with E-state index < -0.39 is 0 Å². The van der Waals surface area contributed by atoms with Gasteiger partial charge in [-0.15, -0.1) is 0 Å². The van der Waals surface area contributed by atoms with Gasteiger partial charge in [-0.3, -0.25) is 4.79 Å². The molecule has 0 saturated heterocycles. The highest BCUT2D eigenvalue weighted by atomic mass is 16.5. The van der Waals surface area contributed by atoms with Gasteiger partial charge in [-0.25, -0.2) is 0 Å². The van der Waals surface area contributed by atoms with Gasteiger partial charge in [0, 0.05) is 0 Å². The van der Waals surface area contributed by atoms with Crippen LogP contribution in [0.1, 0.15) is 48.0 Å². The van der Waals surface area contributed by atoms with Crippen molar-refractivity contribution in [2.75, 3.05) is 0 Å². The van der Waals surface area contributed by atoms with Gasteiger partial charge < -0.3 is 4.74 Å². The van der Waals surface area contributed by atoms with Crippen molar-refractivity contribution >= 4 is 5.97 Å². The summed E-state index contributed by atoms with van der Waals surface area (Å²) < 4.78 is 5.40. The molecule has 1 rings (SSSR count). The maximum absolute atomic E-state index is 11.9. The lowest BCUT2D eigenvalue weighted by Crippen LogP contribution is -2.17. The SMILES string of the molecule is CC[C@H](C)OC(=O)[C@@H]1[C@H](C=C(C)C)C1(C)C. The number of carbonyl (C=O) groups is 1. The molecule has 3 atom stereocenters. The van der Waals surface area contributed by atoms with Crippen molar-refractivity contribution in [3.63, 3.8) is 0 Å². The molecule has 0 N–H and O–H groups in total. The summed E-state index contributed by atoms with van der Waals surface area (Å²) >= 11 is 0. The van der Waals surface area contributed by atoms with Gasteiger partial charge in [0.1, 0.15) is 0 Å². The molecule has 0 bridgehead atoms. The van der Waals surface area contributed by atoms with Crippen molar-refractivity contribution < 1.29 is 9.53 Å². The fourth-order valence-corrected chi connectivity index (χ4v) is 2.15. The van der Waals surface area contributed by atoms with Gasteiger partial charge in [-0.1, -0.05) is 32.4 Å². The van der Waals surface area contributed by atoms with Crippen molar-refractivity contribution in [2.45, 2.75) is 54.1 Å².